The quantitative estimate of drug-likeness (QED) is 0.877. The number of benzene rings is 1. The first-order chi connectivity index (χ1) is 9.81. The summed E-state index contributed by atoms with van der Waals surface area (Å²) in [7, 11) is 0. The van der Waals surface area contributed by atoms with Crippen LogP contribution in [0.15, 0.2) is 34.9 Å². The van der Waals surface area contributed by atoms with Gasteiger partial charge < -0.3 is 9.84 Å². The van der Waals surface area contributed by atoms with Gasteiger partial charge in [0.25, 0.3) is 0 Å². The summed E-state index contributed by atoms with van der Waals surface area (Å²) in [5, 5.41) is 7.52. The van der Waals surface area contributed by atoms with Crippen LogP contribution in [-0.2, 0) is 13.0 Å². The van der Waals surface area contributed by atoms with Crippen LogP contribution in [0.1, 0.15) is 43.5 Å². The average molecular weight is 271 g/mol. The van der Waals surface area contributed by atoms with Crippen LogP contribution in [0, 0.1) is 5.92 Å². The first-order valence-corrected chi connectivity index (χ1v) is 7.40. The molecule has 1 heterocycles. The molecule has 2 aromatic rings. The Labute approximate surface area is 119 Å². The summed E-state index contributed by atoms with van der Waals surface area (Å²) < 4.78 is 5.30. The van der Waals surface area contributed by atoms with E-state index < -0.39 is 0 Å². The molecule has 0 bridgehead atoms. The molecule has 3 rings (SSSR count). The minimum Gasteiger partial charge on any atom is -0.338 e. The smallest absolute Gasteiger partial charge is 0.240 e. The molecule has 0 radical (unpaired) electrons. The molecule has 4 heteroatoms. The Morgan fingerprint density at radius 2 is 2.10 bits per heavy atom. The maximum absolute atomic E-state index is 5.30. The molecule has 0 amide bonds. The van der Waals surface area contributed by atoms with Gasteiger partial charge in [-0.15, -0.1) is 0 Å². The van der Waals surface area contributed by atoms with Gasteiger partial charge in [-0.2, -0.15) is 4.98 Å². The van der Waals surface area contributed by atoms with Crippen molar-refractivity contribution in [3.8, 4) is 0 Å². The number of hydrogen-bond acceptors (Lipinski definition) is 4. The highest BCUT2D eigenvalue weighted by molar-refractivity contribution is 5.18. The topological polar surface area (TPSA) is 51.0 Å². The number of nitrogens with zero attached hydrogens (tertiary/aromatic N) is 2. The second-order valence-electron chi connectivity index (χ2n) is 5.63. The first-order valence-electron chi connectivity index (χ1n) is 7.40. The van der Waals surface area contributed by atoms with Crippen molar-refractivity contribution in [1.29, 1.82) is 0 Å². The monoisotopic (exact) mass is 271 g/mol. The molecule has 20 heavy (non-hydrogen) atoms. The van der Waals surface area contributed by atoms with E-state index in [0.717, 1.165) is 18.2 Å². The lowest BCUT2D eigenvalue weighted by atomic mass is 9.80. The molecule has 0 saturated heterocycles. The molecule has 1 N–H and O–H groups in total. The van der Waals surface area contributed by atoms with Crippen LogP contribution >= 0.6 is 0 Å². The summed E-state index contributed by atoms with van der Waals surface area (Å²) >= 11 is 0. The molecule has 1 aromatic carbocycles. The highest BCUT2D eigenvalue weighted by atomic mass is 16.5. The molecule has 106 valence electrons. The molecular formula is C16H21N3O. The lowest BCUT2D eigenvalue weighted by Crippen LogP contribution is -2.36. The summed E-state index contributed by atoms with van der Waals surface area (Å²) in [6, 6.07) is 10.8. The molecule has 1 fully saturated rings. The van der Waals surface area contributed by atoms with Crippen LogP contribution < -0.4 is 5.32 Å². The van der Waals surface area contributed by atoms with Crippen LogP contribution in [0.5, 0.6) is 0 Å². The second-order valence-corrected chi connectivity index (χ2v) is 5.63. The summed E-state index contributed by atoms with van der Waals surface area (Å²) in [6.07, 6.45) is 4.79. The minimum absolute atomic E-state index is 0.535. The van der Waals surface area contributed by atoms with Crippen molar-refractivity contribution in [2.45, 2.75) is 45.2 Å². The Hall–Kier alpha value is -1.68. The van der Waals surface area contributed by atoms with E-state index in [0.29, 0.717) is 18.5 Å². The van der Waals surface area contributed by atoms with Crippen molar-refractivity contribution in [3.63, 3.8) is 0 Å². The third kappa shape index (κ3) is 3.25. The van der Waals surface area contributed by atoms with Gasteiger partial charge in [0.05, 0.1) is 6.54 Å². The lowest BCUT2D eigenvalue weighted by Gasteiger charge is -2.31. The number of hydrogen-bond donors (Lipinski definition) is 1. The van der Waals surface area contributed by atoms with Gasteiger partial charge in [-0.25, -0.2) is 0 Å². The normalized spacial score (nSPS) is 16.9. The summed E-state index contributed by atoms with van der Waals surface area (Å²) in [5.41, 5.74) is 1.20. The summed E-state index contributed by atoms with van der Waals surface area (Å²) in [6.45, 7) is 2.91. The number of rotatable bonds is 6. The van der Waals surface area contributed by atoms with Crippen LogP contribution in [0.2, 0.25) is 0 Å². The molecule has 1 aromatic heterocycles. The lowest BCUT2D eigenvalue weighted by molar-refractivity contribution is 0.232. The van der Waals surface area contributed by atoms with Crippen LogP contribution in [0.25, 0.3) is 0 Å². The van der Waals surface area contributed by atoms with Gasteiger partial charge >= 0.3 is 0 Å². The van der Waals surface area contributed by atoms with Crippen LogP contribution in [0.3, 0.4) is 0 Å². The Morgan fingerprint density at radius 3 is 2.80 bits per heavy atom. The van der Waals surface area contributed by atoms with Crippen molar-refractivity contribution in [2.24, 2.45) is 5.92 Å². The van der Waals surface area contributed by atoms with E-state index in [1.165, 1.54) is 24.8 Å². The molecular weight excluding hydrogens is 250 g/mol. The van der Waals surface area contributed by atoms with Gasteiger partial charge in [0.2, 0.25) is 5.89 Å². The molecule has 1 unspecified atom stereocenters. The Bertz CT molecular complexity index is 534. The molecule has 1 saturated carbocycles. The largest absolute Gasteiger partial charge is 0.338 e. The van der Waals surface area contributed by atoms with Gasteiger partial charge in [-0.3, -0.25) is 0 Å². The highest BCUT2D eigenvalue weighted by Crippen LogP contribution is 2.29. The molecule has 1 aliphatic rings. The zero-order chi connectivity index (χ0) is 13.8. The molecule has 4 nitrogen and oxygen atoms in total. The fourth-order valence-electron chi connectivity index (χ4n) is 2.57. The van der Waals surface area contributed by atoms with Gasteiger partial charge in [0, 0.05) is 12.5 Å². The van der Waals surface area contributed by atoms with E-state index in [4.69, 9.17) is 4.52 Å². The summed E-state index contributed by atoms with van der Waals surface area (Å²) in [4.78, 5) is 4.44. The fourth-order valence-corrected chi connectivity index (χ4v) is 2.57. The van der Waals surface area contributed by atoms with Gasteiger partial charge in [-0.05, 0) is 31.2 Å². The van der Waals surface area contributed by atoms with E-state index in [2.05, 4.69) is 34.5 Å². The average Bonchev–Trinajstić information content (AvgIpc) is 2.83. The van der Waals surface area contributed by atoms with E-state index >= 15 is 0 Å². The standard InChI is InChI=1S/C16H21N3O/c1-12(14-8-5-9-14)17-11-16-18-15(19-20-16)10-13-6-3-2-4-7-13/h2-4,6-7,12,14,17H,5,8-11H2,1H3. The SMILES string of the molecule is CC(NCc1nc(Cc2ccccc2)no1)C1CCC1. The zero-order valence-corrected chi connectivity index (χ0v) is 11.9. The molecule has 0 aliphatic heterocycles. The van der Waals surface area contributed by atoms with Crippen molar-refractivity contribution in [1.82, 2.24) is 15.5 Å². The van der Waals surface area contributed by atoms with Crippen LogP contribution in [0.4, 0.5) is 0 Å². The second kappa shape index (κ2) is 6.18. The third-order valence-corrected chi connectivity index (χ3v) is 4.15. The van der Waals surface area contributed by atoms with Crippen molar-refractivity contribution >= 4 is 0 Å². The van der Waals surface area contributed by atoms with E-state index in [9.17, 15) is 0 Å². The number of aromatic nitrogens is 2. The predicted molar refractivity (Wildman–Crippen MR) is 77.2 cm³/mol. The van der Waals surface area contributed by atoms with E-state index in [-0.39, 0.29) is 0 Å². The number of nitrogens with one attached hydrogen (secondary N) is 1. The van der Waals surface area contributed by atoms with Crippen molar-refractivity contribution < 1.29 is 4.52 Å². The molecule has 1 aliphatic carbocycles. The molecule has 0 spiro atoms. The Morgan fingerprint density at radius 1 is 1.30 bits per heavy atom. The maximum atomic E-state index is 5.30. The van der Waals surface area contributed by atoms with Gasteiger partial charge in [-0.1, -0.05) is 41.9 Å². The summed E-state index contributed by atoms with van der Waals surface area (Å²) in [5.74, 6) is 2.26. The fraction of sp³-hybridized carbons (Fsp3) is 0.500. The Kier molecular flexibility index (Phi) is 4.11. The van der Waals surface area contributed by atoms with Gasteiger partial charge in [0.1, 0.15) is 0 Å². The van der Waals surface area contributed by atoms with Gasteiger partial charge in [0.15, 0.2) is 5.82 Å². The third-order valence-electron chi connectivity index (χ3n) is 4.15. The predicted octanol–water partition coefficient (Wildman–Crippen LogP) is 2.94. The zero-order valence-electron chi connectivity index (χ0n) is 11.9. The highest BCUT2D eigenvalue weighted by Gasteiger charge is 2.23. The van der Waals surface area contributed by atoms with Crippen LogP contribution in [-0.4, -0.2) is 16.2 Å². The Balaban J connectivity index is 1.51. The van der Waals surface area contributed by atoms with E-state index in [1.54, 1.807) is 0 Å². The first kappa shape index (κ1) is 13.3. The molecule has 1 atom stereocenters. The van der Waals surface area contributed by atoms with Crippen molar-refractivity contribution in [2.75, 3.05) is 0 Å². The van der Waals surface area contributed by atoms with Crippen molar-refractivity contribution in [3.05, 3.63) is 47.6 Å². The van der Waals surface area contributed by atoms with E-state index in [1.807, 2.05) is 18.2 Å². The maximum Gasteiger partial charge on any atom is 0.240 e. The minimum atomic E-state index is 0.535.